The van der Waals surface area contributed by atoms with Gasteiger partial charge in [0.2, 0.25) is 5.91 Å². The van der Waals surface area contributed by atoms with Crippen molar-refractivity contribution in [3.8, 4) is 0 Å². The Morgan fingerprint density at radius 1 is 1.30 bits per heavy atom. The Morgan fingerprint density at radius 2 is 2.22 bits per heavy atom. The van der Waals surface area contributed by atoms with Gasteiger partial charge in [0.05, 0.1) is 17.1 Å². The number of carbonyl (C=O) groups is 1. The van der Waals surface area contributed by atoms with Crippen LogP contribution in [0, 0.1) is 0 Å². The fourth-order valence-corrected chi connectivity index (χ4v) is 3.70. The Morgan fingerprint density at radius 3 is 3.04 bits per heavy atom. The fourth-order valence-electron chi connectivity index (χ4n) is 3.08. The van der Waals surface area contributed by atoms with E-state index in [1.807, 2.05) is 52.8 Å². The molecule has 1 N–H and O–H groups in total. The van der Waals surface area contributed by atoms with Gasteiger partial charge in [-0.25, -0.2) is 4.98 Å². The number of likely N-dealkylation sites (tertiary alicyclic amines) is 1. The number of thiophene rings is 1. The monoisotopic (exact) mass is 323 g/mol. The number of H-pyrrole nitrogens is 1. The van der Waals surface area contributed by atoms with Crippen LogP contribution in [0.25, 0.3) is 17.1 Å². The molecule has 1 aliphatic rings. The van der Waals surface area contributed by atoms with E-state index in [0.717, 1.165) is 41.1 Å². The molecule has 0 radical (unpaired) electrons. The molecule has 1 aromatic carbocycles. The van der Waals surface area contributed by atoms with E-state index < -0.39 is 0 Å². The van der Waals surface area contributed by atoms with Crippen molar-refractivity contribution in [1.82, 2.24) is 14.9 Å². The molecule has 0 saturated carbocycles. The molecule has 4 nitrogen and oxygen atoms in total. The van der Waals surface area contributed by atoms with Gasteiger partial charge in [-0.2, -0.15) is 0 Å². The van der Waals surface area contributed by atoms with Crippen LogP contribution in [0.3, 0.4) is 0 Å². The molecule has 4 rings (SSSR count). The number of rotatable bonds is 3. The third kappa shape index (κ3) is 2.80. The maximum Gasteiger partial charge on any atom is 0.247 e. The first-order valence-electron chi connectivity index (χ1n) is 7.78. The van der Waals surface area contributed by atoms with Gasteiger partial charge in [0, 0.05) is 17.5 Å². The standard InChI is InChI=1S/C18H17N3OS/c22-17(10-9-13-5-4-12-23-13)21-11-3-8-16(21)18-19-14-6-1-2-7-15(14)20-18/h1-2,4-7,9-10,12,16H,3,8,11H2,(H,19,20). The lowest BCUT2D eigenvalue weighted by atomic mass is 10.2. The summed E-state index contributed by atoms with van der Waals surface area (Å²) < 4.78 is 0. The Labute approximate surface area is 138 Å². The summed E-state index contributed by atoms with van der Waals surface area (Å²) in [5, 5.41) is 2.01. The number of nitrogens with one attached hydrogen (secondary N) is 1. The van der Waals surface area contributed by atoms with Gasteiger partial charge in [-0.1, -0.05) is 18.2 Å². The van der Waals surface area contributed by atoms with Crippen LogP contribution in [0.1, 0.15) is 29.6 Å². The largest absolute Gasteiger partial charge is 0.340 e. The molecule has 1 saturated heterocycles. The summed E-state index contributed by atoms with van der Waals surface area (Å²) in [4.78, 5) is 23.6. The summed E-state index contributed by atoms with van der Waals surface area (Å²) in [7, 11) is 0. The van der Waals surface area contributed by atoms with Gasteiger partial charge in [0.25, 0.3) is 0 Å². The predicted molar refractivity (Wildman–Crippen MR) is 93.1 cm³/mol. The summed E-state index contributed by atoms with van der Waals surface area (Å²) in [5.74, 6) is 0.947. The topological polar surface area (TPSA) is 49.0 Å². The normalized spacial score (nSPS) is 18.3. The first kappa shape index (κ1) is 14.2. The summed E-state index contributed by atoms with van der Waals surface area (Å²) in [6.45, 7) is 0.787. The number of nitrogens with zero attached hydrogens (tertiary/aromatic N) is 2. The Hall–Kier alpha value is -2.40. The molecule has 5 heteroatoms. The molecule has 1 fully saturated rings. The summed E-state index contributed by atoms with van der Waals surface area (Å²) in [5.41, 5.74) is 1.98. The van der Waals surface area contributed by atoms with E-state index in [2.05, 4.69) is 9.97 Å². The zero-order valence-corrected chi connectivity index (χ0v) is 13.4. The van der Waals surface area contributed by atoms with Gasteiger partial charge < -0.3 is 9.88 Å². The smallest absolute Gasteiger partial charge is 0.247 e. The van der Waals surface area contributed by atoms with Crippen LogP contribution in [0.15, 0.2) is 47.9 Å². The van der Waals surface area contributed by atoms with Crippen molar-refractivity contribution >= 4 is 34.4 Å². The number of aromatic nitrogens is 2. The van der Waals surface area contributed by atoms with Gasteiger partial charge in [-0.3, -0.25) is 4.79 Å². The molecular weight excluding hydrogens is 306 g/mol. The van der Waals surface area contributed by atoms with Crippen LogP contribution in [0.2, 0.25) is 0 Å². The van der Waals surface area contributed by atoms with Gasteiger partial charge in [0.1, 0.15) is 5.82 Å². The highest BCUT2D eigenvalue weighted by Gasteiger charge is 2.30. The van der Waals surface area contributed by atoms with E-state index in [-0.39, 0.29) is 11.9 Å². The van der Waals surface area contributed by atoms with E-state index in [1.165, 1.54) is 0 Å². The van der Waals surface area contributed by atoms with Crippen molar-refractivity contribution in [2.75, 3.05) is 6.54 Å². The third-order valence-corrected chi connectivity index (χ3v) is 5.03. The van der Waals surface area contributed by atoms with Crippen LogP contribution in [-0.2, 0) is 4.79 Å². The van der Waals surface area contributed by atoms with Crippen molar-refractivity contribution in [2.45, 2.75) is 18.9 Å². The molecule has 0 aliphatic carbocycles. The highest BCUT2D eigenvalue weighted by Crippen LogP contribution is 2.31. The number of fused-ring (bicyclic) bond motifs is 1. The number of benzene rings is 1. The second-order valence-corrected chi connectivity index (χ2v) is 6.66. The Bertz CT molecular complexity index is 817. The van der Waals surface area contributed by atoms with Gasteiger partial charge in [-0.05, 0) is 42.5 Å². The molecule has 1 amide bonds. The second-order valence-electron chi connectivity index (χ2n) is 5.68. The van der Waals surface area contributed by atoms with Crippen molar-refractivity contribution in [1.29, 1.82) is 0 Å². The van der Waals surface area contributed by atoms with E-state index in [0.29, 0.717) is 0 Å². The molecule has 1 atom stereocenters. The van der Waals surface area contributed by atoms with Crippen LogP contribution in [-0.4, -0.2) is 27.3 Å². The minimum Gasteiger partial charge on any atom is -0.340 e. The zero-order chi connectivity index (χ0) is 15.6. The average molecular weight is 323 g/mol. The van der Waals surface area contributed by atoms with Crippen molar-refractivity contribution in [2.24, 2.45) is 0 Å². The lowest BCUT2D eigenvalue weighted by Crippen LogP contribution is -2.29. The van der Waals surface area contributed by atoms with Crippen LogP contribution < -0.4 is 0 Å². The third-order valence-electron chi connectivity index (χ3n) is 4.19. The van der Waals surface area contributed by atoms with Crippen molar-refractivity contribution < 1.29 is 4.79 Å². The highest BCUT2D eigenvalue weighted by atomic mass is 32.1. The second kappa shape index (κ2) is 6.01. The lowest BCUT2D eigenvalue weighted by molar-refractivity contribution is -0.126. The quantitative estimate of drug-likeness (QED) is 0.741. The van der Waals surface area contributed by atoms with Crippen LogP contribution in [0.4, 0.5) is 0 Å². The summed E-state index contributed by atoms with van der Waals surface area (Å²) >= 11 is 1.63. The van der Waals surface area contributed by atoms with Crippen LogP contribution in [0.5, 0.6) is 0 Å². The number of carbonyl (C=O) groups excluding carboxylic acids is 1. The van der Waals surface area contributed by atoms with Gasteiger partial charge in [-0.15, -0.1) is 11.3 Å². The minimum atomic E-state index is 0.0443. The van der Waals surface area contributed by atoms with E-state index in [1.54, 1.807) is 17.4 Å². The molecule has 3 aromatic rings. The molecular formula is C18H17N3OS. The maximum absolute atomic E-state index is 12.5. The molecule has 23 heavy (non-hydrogen) atoms. The number of imidazole rings is 1. The fraction of sp³-hybridized carbons (Fsp3) is 0.222. The first-order valence-corrected chi connectivity index (χ1v) is 8.66. The van der Waals surface area contributed by atoms with E-state index in [4.69, 9.17) is 0 Å². The lowest BCUT2D eigenvalue weighted by Gasteiger charge is -2.21. The number of hydrogen-bond acceptors (Lipinski definition) is 3. The zero-order valence-electron chi connectivity index (χ0n) is 12.6. The first-order chi connectivity index (χ1) is 11.3. The number of para-hydroxylation sites is 2. The Balaban J connectivity index is 1.57. The van der Waals surface area contributed by atoms with Crippen molar-refractivity contribution in [3.63, 3.8) is 0 Å². The molecule has 3 heterocycles. The Kier molecular flexibility index (Phi) is 3.71. The SMILES string of the molecule is O=C(C=Cc1cccs1)N1CCCC1c1nc2ccccc2[nH]1. The summed E-state index contributed by atoms with van der Waals surface area (Å²) in [6, 6.07) is 12.0. The van der Waals surface area contributed by atoms with E-state index in [9.17, 15) is 4.79 Å². The number of amides is 1. The minimum absolute atomic E-state index is 0.0443. The molecule has 1 unspecified atom stereocenters. The maximum atomic E-state index is 12.5. The predicted octanol–water partition coefficient (Wildman–Crippen LogP) is 4.00. The highest BCUT2D eigenvalue weighted by molar-refractivity contribution is 7.10. The molecule has 0 spiro atoms. The molecule has 116 valence electrons. The van der Waals surface area contributed by atoms with Gasteiger partial charge >= 0.3 is 0 Å². The molecule has 1 aliphatic heterocycles. The number of aromatic amines is 1. The van der Waals surface area contributed by atoms with E-state index >= 15 is 0 Å². The summed E-state index contributed by atoms with van der Waals surface area (Å²) in [6.07, 6.45) is 5.53. The molecule has 2 aromatic heterocycles. The van der Waals surface area contributed by atoms with Crippen LogP contribution >= 0.6 is 11.3 Å². The number of hydrogen-bond donors (Lipinski definition) is 1. The van der Waals surface area contributed by atoms with Gasteiger partial charge in [0.15, 0.2) is 0 Å². The molecule has 0 bridgehead atoms. The average Bonchev–Trinajstić information content (AvgIpc) is 3.31. The van der Waals surface area contributed by atoms with Crippen molar-refractivity contribution in [3.05, 3.63) is 58.6 Å².